The van der Waals surface area contributed by atoms with Crippen LogP contribution in [0.15, 0.2) is 47.1 Å². The molecule has 0 saturated carbocycles. The molecule has 0 unspecified atom stereocenters. The predicted molar refractivity (Wildman–Crippen MR) is 96.1 cm³/mol. The van der Waals surface area contributed by atoms with Gasteiger partial charge >= 0.3 is 0 Å². The molecule has 1 heterocycles. The van der Waals surface area contributed by atoms with Crippen LogP contribution in [0.25, 0.3) is 11.1 Å². The maximum absolute atomic E-state index is 12.2. The molecular weight excluding hydrogens is 371 g/mol. The molecule has 0 atom stereocenters. The van der Waals surface area contributed by atoms with Crippen LogP contribution in [0.5, 0.6) is 0 Å². The number of aromatic nitrogens is 1. The van der Waals surface area contributed by atoms with Gasteiger partial charge in [-0.2, -0.15) is 0 Å². The number of hydrogen-bond donors (Lipinski definition) is 1. The van der Waals surface area contributed by atoms with E-state index in [1.807, 2.05) is 0 Å². The van der Waals surface area contributed by atoms with Crippen molar-refractivity contribution in [3.63, 3.8) is 0 Å². The normalized spacial score (nSPS) is 10.7. The third-order valence-corrected chi connectivity index (χ3v) is 4.41. The number of anilines is 1. The topological polar surface area (TPSA) is 55.1 Å². The van der Waals surface area contributed by atoms with Gasteiger partial charge in [-0.05, 0) is 36.8 Å². The first-order valence-electron chi connectivity index (χ1n) is 6.94. The van der Waals surface area contributed by atoms with Gasteiger partial charge in [0.25, 0.3) is 5.91 Å². The van der Waals surface area contributed by atoms with Crippen molar-refractivity contribution in [1.82, 2.24) is 5.16 Å². The molecule has 1 aromatic heterocycles. The summed E-state index contributed by atoms with van der Waals surface area (Å²) in [7, 11) is 0. The first-order valence-corrected chi connectivity index (χ1v) is 8.07. The monoisotopic (exact) mass is 380 g/mol. The number of rotatable bonds is 3. The van der Waals surface area contributed by atoms with E-state index in [1.165, 1.54) is 6.20 Å². The Morgan fingerprint density at radius 3 is 2.38 bits per heavy atom. The van der Waals surface area contributed by atoms with Gasteiger partial charge in [0.2, 0.25) is 0 Å². The van der Waals surface area contributed by atoms with Crippen LogP contribution in [0.2, 0.25) is 15.1 Å². The molecule has 0 saturated heterocycles. The number of nitrogens with one attached hydrogen (secondary N) is 1. The van der Waals surface area contributed by atoms with E-state index >= 15 is 0 Å². The molecule has 1 amide bonds. The third kappa shape index (κ3) is 3.26. The van der Waals surface area contributed by atoms with Crippen molar-refractivity contribution < 1.29 is 9.32 Å². The van der Waals surface area contributed by atoms with Crippen LogP contribution in [0.3, 0.4) is 0 Å². The Kier molecular flexibility index (Phi) is 4.81. The smallest absolute Gasteiger partial charge is 0.260 e. The van der Waals surface area contributed by atoms with E-state index in [1.54, 1.807) is 43.3 Å². The van der Waals surface area contributed by atoms with Crippen molar-refractivity contribution >= 4 is 46.4 Å². The van der Waals surface area contributed by atoms with Crippen LogP contribution in [-0.4, -0.2) is 11.1 Å². The van der Waals surface area contributed by atoms with Crippen LogP contribution in [-0.2, 0) is 0 Å². The molecule has 3 aromatic rings. The van der Waals surface area contributed by atoms with E-state index in [9.17, 15) is 4.79 Å². The molecular formula is C17H11Cl3N2O2. The maximum atomic E-state index is 12.2. The SMILES string of the molecule is Cc1oncc1C(=O)Nc1ccc(-c2c(Cl)cccc2Cl)cc1Cl. The van der Waals surface area contributed by atoms with Gasteiger partial charge in [-0.3, -0.25) is 4.79 Å². The summed E-state index contributed by atoms with van der Waals surface area (Å²) in [6, 6.07) is 10.4. The Bertz CT molecular complexity index is 902. The fraction of sp³-hybridized carbons (Fsp3) is 0.0588. The Morgan fingerprint density at radius 1 is 1.08 bits per heavy atom. The molecule has 0 bridgehead atoms. The average Bonchev–Trinajstić information content (AvgIpc) is 2.96. The summed E-state index contributed by atoms with van der Waals surface area (Å²) in [6.07, 6.45) is 1.36. The quantitative estimate of drug-likeness (QED) is 0.618. The number of aryl methyl sites for hydroxylation is 1. The van der Waals surface area contributed by atoms with Gasteiger partial charge in [0.1, 0.15) is 11.3 Å². The van der Waals surface area contributed by atoms with Crippen molar-refractivity contribution in [3.8, 4) is 11.1 Å². The van der Waals surface area contributed by atoms with Crippen LogP contribution < -0.4 is 5.32 Å². The zero-order valence-electron chi connectivity index (χ0n) is 12.4. The van der Waals surface area contributed by atoms with Gasteiger partial charge in [-0.15, -0.1) is 0 Å². The van der Waals surface area contributed by atoms with Crippen molar-refractivity contribution in [2.45, 2.75) is 6.92 Å². The summed E-state index contributed by atoms with van der Waals surface area (Å²) < 4.78 is 4.88. The number of halogens is 3. The van der Waals surface area contributed by atoms with Gasteiger partial charge in [0.05, 0.1) is 16.9 Å². The van der Waals surface area contributed by atoms with Crippen LogP contribution in [0, 0.1) is 6.92 Å². The van der Waals surface area contributed by atoms with Crippen LogP contribution >= 0.6 is 34.8 Å². The Hall–Kier alpha value is -2.01. The van der Waals surface area contributed by atoms with E-state index in [2.05, 4.69) is 10.5 Å². The second kappa shape index (κ2) is 6.85. The molecule has 1 N–H and O–H groups in total. The van der Waals surface area contributed by atoms with Crippen LogP contribution in [0.4, 0.5) is 5.69 Å². The molecule has 0 radical (unpaired) electrons. The van der Waals surface area contributed by atoms with Crippen molar-refractivity contribution in [1.29, 1.82) is 0 Å². The van der Waals surface area contributed by atoms with Crippen LogP contribution in [0.1, 0.15) is 16.1 Å². The highest BCUT2D eigenvalue weighted by molar-refractivity contribution is 6.39. The summed E-state index contributed by atoms with van der Waals surface area (Å²) in [4.78, 5) is 12.2. The lowest BCUT2D eigenvalue weighted by Crippen LogP contribution is -2.12. The number of carbonyl (C=O) groups is 1. The second-order valence-corrected chi connectivity index (χ2v) is 6.26. The van der Waals surface area contributed by atoms with E-state index in [0.29, 0.717) is 37.6 Å². The Morgan fingerprint density at radius 2 is 1.79 bits per heavy atom. The zero-order valence-corrected chi connectivity index (χ0v) is 14.7. The first-order chi connectivity index (χ1) is 11.5. The van der Waals surface area contributed by atoms with E-state index in [0.717, 1.165) is 5.56 Å². The molecule has 122 valence electrons. The summed E-state index contributed by atoms with van der Waals surface area (Å²) in [5.41, 5.74) is 2.27. The summed E-state index contributed by atoms with van der Waals surface area (Å²) in [5.74, 6) is 0.0854. The Labute approximate surface area is 153 Å². The van der Waals surface area contributed by atoms with E-state index in [-0.39, 0.29) is 5.91 Å². The molecule has 0 aliphatic carbocycles. The summed E-state index contributed by atoms with van der Waals surface area (Å²) >= 11 is 18.7. The summed E-state index contributed by atoms with van der Waals surface area (Å²) in [6.45, 7) is 1.66. The zero-order chi connectivity index (χ0) is 17.3. The standard InChI is InChI=1S/C17H11Cl3N2O2/c1-9-11(8-21-24-9)17(23)22-15-6-5-10(7-14(15)20)16-12(18)3-2-4-13(16)19/h2-8H,1H3,(H,22,23). The number of benzene rings is 2. The molecule has 0 aliphatic heterocycles. The molecule has 0 spiro atoms. The lowest BCUT2D eigenvalue weighted by atomic mass is 10.0. The lowest BCUT2D eigenvalue weighted by molar-refractivity contribution is 0.102. The number of carbonyl (C=O) groups excluding carboxylic acids is 1. The molecule has 4 nitrogen and oxygen atoms in total. The highest BCUT2D eigenvalue weighted by Crippen LogP contribution is 2.37. The fourth-order valence-electron chi connectivity index (χ4n) is 2.25. The van der Waals surface area contributed by atoms with Crippen molar-refractivity contribution in [3.05, 3.63) is 69.0 Å². The van der Waals surface area contributed by atoms with Gasteiger partial charge < -0.3 is 9.84 Å². The molecule has 3 rings (SSSR count). The molecule has 0 aliphatic rings. The minimum absolute atomic E-state index is 0.348. The fourth-order valence-corrected chi connectivity index (χ4v) is 3.10. The predicted octanol–water partition coefficient (Wildman–Crippen LogP) is 5.86. The Balaban J connectivity index is 1.91. The average molecular weight is 382 g/mol. The molecule has 24 heavy (non-hydrogen) atoms. The van der Waals surface area contributed by atoms with Gasteiger partial charge in [-0.25, -0.2) is 0 Å². The first kappa shape index (κ1) is 16.8. The second-order valence-electron chi connectivity index (χ2n) is 5.04. The summed E-state index contributed by atoms with van der Waals surface area (Å²) in [5, 5.41) is 7.72. The molecule has 7 heteroatoms. The molecule has 2 aromatic carbocycles. The largest absolute Gasteiger partial charge is 0.361 e. The number of nitrogens with zero attached hydrogens (tertiary/aromatic N) is 1. The lowest BCUT2D eigenvalue weighted by Gasteiger charge is -2.11. The highest BCUT2D eigenvalue weighted by atomic mass is 35.5. The highest BCUT2D eigenvalue weighted by Gasteiger charge is 2.15. The van der Waals surface area contributed by atoms with Gasteiger partial charge in [-0.1, -0.05) is 52.1 Å². The van der Waals surface area contributed by atoms with Crippen molar-refractivity contribution in [2.75, 3.05) is 5.32 Å². The third-order valence-electron chi connectivity index (χ3n) is 3.46. The molecule has 0 fully saturated rings. The van der Waals surface area contributed by atoms with Crippen molar-refractivity contribution in [2.24, 2.45) is 0 Å². The van der Waals surface area contributed by atoms with Gasteiger partial charge in [0, 0.05) is 15.6 Å². The number of amides is 1. The van der Waals surface area contributed by atoms with E-state index in [4.69, 9.17) is 39.3 Å². The van der Waals surface area contributed by atoms with Gasteiger partial charge in [0.15, 0.2) is 0 Å². The van der Waals surface area contributed by atoms with E-state index < -0.39 is 0 Å². The number of hydrogen-bond acceptors (Lipinski definition) is 3. The minimum atomic E-state index is -0.348. The minimum Gasteiger partial charge on any atom is -0.361 e. The maximum Gasteiger partial charge on any atom is 0.260 e.